The number of ether oxygens (including phenoxy) is 1. The van der Waals surface area contributed by atoms with Crippen molar-refractivity contribution in [3.05, 3.63) is 57.0 Å². The van der Waals surface area contributed by atoms with Crippen molar-refractivity contribution in [2.24, 2.45) is 7.05 Å². The van der Waals surface area contributed by atoms with Crippen LogP contribution in [-0.2, 0) is 11.8 Å². The molecule has 0 aliphatic carbocycles. The second kappa shape index (κ2) is 7.85. The number of aromatic nitrogens is 1. The number of aryl methyl sites for hydroxylation is 1. The Balaban J connectivity index is 1.51. The standard InChI is InChI=1S/C18H16Cl2N2O4/c1-22-13-8-7-11(10-15(13)26-18(22)24)21-16(23)6-3-9-25-14-5-2-4-12(19)17(14)20/h2,4-5,7-8,10H,3,6,9H2,1H3,(H,21,23). The first-order valence-corrected chi connectivity index (χ1v) is 8.67. The first-order chi connectivity index (χ1) is 12.5. The van der Waals surface area contributed by atoms with E-state index >= 15 is 0 Å². The summed E-state index contributed by atoms with van der Waals surface area (Å²) in [5.74, 6) is -0.118. The maximum atomic E-state index is 12.0. The van der Waals surface area contributed by atoms with Crippen molar-refractivity contribution in [2.75, 3.05) is 11.9 Å². The maximum Gasteiger partial charge on any atom is 0.419 e. The molecule has 0 aliphatic rings. The molecule has 0 unspecified atom stereocenters. The summed E-state index contributed by atoms with van der Waals surface area (Å²) < 4.78 is 12.0. The lowest BCUT2D eigenvalue weighted by Crippen LogP contribution is -2.12. The zero-order valence-corrected chi connectivity index (χ0v) is 15.4. The molecule has 1 heterocycles. The molecule has 136 valence electrons. The van der Waals surface area contributed by atoms with Gasteiger partial charge in [0.05, 0.1) is 17.1 Å². The van der Waals surface area contributed by atoms with Crippen LogP contribution in [0.1, 0.15) is 12.8 Å². The fourth-order valence-corrected chi connectivity index (χ4v) is 2.79. The van der Waals surface area contributed by atoms with Gasteiger partial charge < -0.3 is 14.5 Å². The van der Waals surface area contributed by atoms with E-state index < -0.39 is 5.76 Å². The lowest BCUT2D eigenvalue weighted by molar-refractivity contribution is -0.116. The molecule has 0 fully saturated rings. The maximum absolute atomic E-state index is 12.0. The Kier molecular flexibility index (Phi) is 5.54. The van der Waals surface area contributed by atoms with E-state index in [4.69, 9.17) is 32.4 Å². The number of rotatable bonds is 6. The van der Waals surface area contributed by atoms with Crippen molar-refractivity contribution in [1.82, 2.24) is 4.57 Å². The summed E-state index contributed by atoms with van der Waals surface area (Å²) in [7, 11) is 1.62. The van der Waals surface area contributed by atoms with E-state index in [1.807, 2.05) is 0 Å². The third kappa shape index (κ3) is 4.03. The van der Waals surface area contributed by atoms with E-state index in [2.05, 4.69) is 5.32 Å². The first-order valence-electron chi connectivity index (χ1n) is 7.92. The molecule has 1 N–H and O–H groups in total. The summed E-state index contributed by atoms with van der Waals surface area (Å²) in [4.78, 5) is 23.5. The van der Waals surface area contributed by atoms with Crippen LogP contribution < -0.4 is 15.8 Å². The quantitative estimate of drug-likeness (QED) is 0.634. The molecule has 26 heavy (non-hydrogen) atoms. The highest BCUT2D eigenvalue weighted by Crippen LogP contribution is 2.31. The number of anilines is 1. The molecule has 3 aromatic rings. The zero-order valence-electron chi connectivity index (χ0n) is 13.9. The number of carbonyl (C=O) groups is 1. The number of nitrogens with zero attached hydrogens (tertiary/aromatic N) is 1. The first kappa shape index (κ1) is 18.4. The lowest BCUT2D eigenvalue weighted by Gasteiger charge is -2.09. The van der Waals surface area contributed by atoms with Gasteiger partial charge in [-0.15, -0.1) is 0 Å². The minimum absolute atomic E-state index is 0.164. The fraction of sp³-hybridized carbons (Fsp3) is 0.222. The second-order valence-corrected chi connectivity index (χ2v) is 6.45. The fourth-order valence-electron chi connectivity index (χ4n) is 2.45. The van der Waals surface area contributed by atoms with Gasteiger partial charge in [0.2, 0.25) is 5.91 Å². The van der Waals surface area contributed by atoms with Gasteiger partial charge in [-0.3, -0.25) is 9.36 Å². The Morgan fingerprint density at radius 2 is 2.08 bits per heavy atom. The number of hydrogen-bond donors (Lipinski definition) is 1. The van der Waals surface area contributed by atoms with Gasteiger partial charge in [0, 0.05) is 25.2 Å². The summed E-state index contributed by atoms with van der Waals surface area (Å²) in [5.41, 5.74) is 1.66. The molecule has 0 atom stereocenters. The molecule has 0 spiro atoms. The van der Waals surface area contributed by atoms with Gasteiger partial charge in [-0.1, -0.05) is 29.3 Å². The van der Waals surface area contributed by atoms with E-state index in [1.165, 1.54) is 4.57 Å². The third-order valence-corrected chi connectivity index (χ3v) is 4.60. The predicted octanol–water partition coefficient (Wildman–Crippen LogP) is 4.24. The molecule has 1 aromatic heterocycles. The molecule has 6 nitrogen and oxygen atoms in total. The highest BCUT2D eigenvalue weighted by Gasteiger charge is 2.09. The number of halogens is 2. The van der Waals surface area contributed by atoms with Crippen LogP contribution in [0.3, 0.4) is 0 Å². The highest BCUT2D eigenvalue weighted by atomic mass is 35.5. The number of benzene rings is 2. The van der Waals surface area contributed by atoms with Crippen LogP contribution in [0.25, 0.3) is 11.1 Å². The smallest absolute Gasteiger partial charge is 0.419 e. The van der Waals surface area contributed by atoms with Crippen molar-refractivity contribution in [2.45, 2.75) is 12.8 Å². The molecule has 0 saturated heterocycles. The Bertz CT molecular complexity index is 1010. The van der Waals surface area contributed by atoms with Crippen molar-refractivity contribution < 1.29 is 13.9 Å². The van der Waals surface area contributed by atoms with Crippen molar-refractivity contribution in [1.29, 1.82) is 0 Å². The Morgan fingerprint density at radius 1 is 1.27 bits per heavy atom. The predicted molar refractivity (Wildman–Crippen MR) is 101 cm³/mol. The van der Waals surface area contributed by atoms with Gasteiger partial charge in [-0.2, -0.15) is 0 Å². The number of nitrogens with one attached hydrogen (secondary N) is 1. The van der Waals surface area contributed by atoms with E-state index in [1.54, 1.807) is 43.4 Å². The van der Waals surface area contributed by atoms with Crippen LogP contribution in [0, 0.1) is 0 Å². The van der Waals surface area contributed by atoms with Gasteiger partial charge in [0.15, 0.2) is 5.58 Å². The van der Waals surface area contributed by atoms with Crippen LogP contribution in [-0.4, -0.2) is 17.1 Å². The largest absolute Gasteiger partial charge is 0.492 e. The molecule has 0 bridgehead atoms. The molecule has 1 amide bonds. The van der Waals surface area contributed by atoms with Crippen molar-refractivity contribution >= 4 is 45.9 Å². The molecule has 0 aliphatic heterocycles. The summed E-state index contributed by atoms with van der Waals surface area (Å²) in [6.07, 6.45) is 0.784. The number of carbonyl (C=O) groups excluding carboxylic acids is 1. The molecular weight excluding hydrogens is 379 g/mol. The molecular formula is C18H16Cl2N2O4. The van der Waals surface area contributed by atoms with Gasteiger partial charge in [0.25, 0.3) is 0 Å². The topological polar surface area (TPSA) is 73.5 Å². The van der Waals surface area contributed by atoms with Gasteiger partial charge >= 0.3 is 5.76 Å². The van der Waals surface area contributed by atoms with Gasteiger partial charge in [-0.05, 0) is 30.7 Å². The molecule has 8 heteroatoms. The van der Waals surface area contributed by atoms with Gasteiger partial charge in [0.1, 0.15) is 10.8 Å². The Hall–Kier alpha value is -2.44. The highest BCUT2D eigenvalue weighted by molar-refractivity contribution is 6.42. The lowest BCUT2D eigenvalue weighted by atomic mass is 10.2. The average molecular weight is 395 g/mol. The Morgan fingerprint density at radius 3 is 2.88 bits per heavy atom. The van der Waals surface area contributed by atoms with E-state index in [9.17, 15) is 9.59 Å². The molecule has 0 radical (unpaired) electrons. The van der Waals surface area contributed by atoms with Crippen LogP contribution >= 0.6 is 23.2 Å². The van der Waals surface area contributed by atoms with Crippen LogP contribution in [0.2, 0.25) is 10.0 Å². The van der Waals surface area contributed by atoms with Gasteiger partial charge in [-0.25, -0.2) is 4.79 Å². The summed E-state index contributed by atoms with van der Waals surface area (Å²) >= 11 is 11.9. The summed E-state index contributed by atoms with van der Waals surface area (Å²) in [5, 5.41) is 3.55. The SMILES string of the molecule is Cn1c(=O)oc2cc(NC(=O)CCCOc3cccc(Cl)c3Cl)ccc21. The normalized spacial score (nSPS) is 10.9. The zero-order chi connectivity index (χ0) is 18.7. The van der Waals surface area contributed by atoms with E-state index in [0.717, 1.165) is 0 Å². The minimum Gasteiger partial charge on any atom is -0.492 e. The number of amides is 1. The Labute approximate surface area is 159 Å². The van der Waals surface area contributed by atoms with Crippen molar-refractivity contribution in [3.8, 4) is 5.75 Å². The van der Waals surface area contributed by atoms with Crippen molar-refractivity contribution in [3.63, 3.8) is 0 Å². The van der Waals surface area contributed by atoms with Crippen LogP contribution in [0.4, 0.5) is 5.69 Å². The van der Waals surface area contributed by atoms with Crippen LogP contribution in [0.15, 0.2) is 45.6 Å². The minimum atomic E-state index is -0.444. The number of hydrogen-bond acceptors (Lipinski definition) is 4. The monoisotopic (exact) mass is 394 g/mol. The second-order valence-electron chi connectivity index (χ2n) is 5.66. The summed E-state index contributed by atoms with van der Waals surface area (Å²) in [6, 6.07) is 10.2. The molecule has 3 rings (SSSR count). The molecule has 2 aromatic carbocycles. The number of oxazole rings is 1. The average Bonchev–Trinajstić information content (AvgIpc) is 2.89. The van der Waals surface area contributed by atoms with E-state index in [-0.39, 0.29) is 12.3 Å². The van der Waals surface area contributed by atoms with E-state index in [0.29, 0.717) is 45.6 Å². The van der Waals surface area contributed by atoms with Crippen LogP contribution in [0.5, 0.6) is 5.75 Å². The number of fused-ring (bicyclic) bond motifs is 1. The third-order valence-electron chi connectivity index (χ3n) is 3.80. The molecule has 0 saturated carbocycles. The summed E-state index contributed by atoms with van der Waals surface area (Å²) in [6.45, 7) is 0.333.